The number of benzene rings is 1. The number of H-pyrrole nitrogens is 1. The van der Waals surface area contributed by atoms with Gasteiger partial charge in [-0.3, -0.25) is 0 Å². The van der Waals surface area contributed by atoms with E-state index in [-0.39, 0.29) is 0 Å². The lowest BCUT2D eigenvalue weighted by atomic mass is 10.2. The second-order valence-electron chi connectivity index (χ2n) is 4.10. The molecule has 1 heterocycles. The lowest BCUT2D eigenvalue weighted by Gasteiger charge is -2.09. The van der Waals surface area contributed by atoms with E-state index in [1.54, 1.807) is 7.11 Å². The van der Waals surface area contributed by atoms with Crippen LogP contribution in [0, 0.1) is 4.77 Å². The summed E-state index contributed by atoms with van der Waals surface area (Å²) in [5.74, 6) is 0. The van der Waals surface area contributed by atoms with Crippen molar-refractivity contribution in [1.82, 2.24) is 9.55 Å². The molecule has 0 radical (unpaired) electrons. The van der Waals surface area contributed by atoms with Crippen LogP contribution in [-0.4, -0.2) is 36.5 Å². The molecule has 0 aliphatic carbocycles. The Balaban J connectivity index is 2.04. The topological polar surface area (TPSA) is 39.2 Å². The molecule has 0 amide bonds. The normalized spacial score (nSPS) is 10.8. The third-order valence-corrected chi connectivity index (χ3v) is 3.17. The molecular weight excluding hydrogens is 260 g/mol. The first-order chi connectivity index (χ1) is 9.33. The maximum Gasteiger partial charge on any atom is 0.177 e. The van der Waals surface area contributed by atoms with Gasteiger partial charge in [0.25, 0.3) is 0 Å². The van der Waals surface area contributed by atoms with Gasteiger partial charge in [0.05, 0.1) is 25.5 Å². The van der Waals surface area contributed by atoms with Crippen molar-refractivity contribution in [2.75, 3.05) is 26.9 Å². The summed E-state index contributed by atoms with van der Waals surface area (Å²) < 4.78 is 13.2. The van der Waals surface area contributed by atoms with Gasteiger partial charge < -0.3 is 19.0 Å². The Morgan fingerprint density at radius 3 is 2.68 bits per heavy atom. The van der Waals surface area contributed by atoms with Crippen molar-refractivity contribution in [1.29, 1.82) is 0 Å². The van der Waals surface area contributed by atoms with Gasteiger partial charge in [-0.05, 0) is 17.8 Å². The van der Waals surface area contributed by atoms with Crippen LogP contribution in [0.2, 0.25) is 0 Å². The Morgan fingerprint density at radius 2 is 1.95 bits per heavy atom. The molecule has 0 aliphatic heterocycles. The number of imidazole rings is 1. The van der Waals surface area contributed by atoms with Crippen LogP contribution in [0.25, 0.3) is 11.3 Å². The van der Waals surface area contributed by atoms with Crippen LogP contribution in [0.15, 0.2) is 36.5 Å². The maximum atomic E-state index is 5.49. The average molecular weight is 278 g/mol. The number of hydrogen-bond donors (Lipinski definition) is 1. The van der Waals surface area contributed by atoms with E-state index in [1.165, 1.54) is 0 Å². The minimum Gasteiger partial charge on any atom is -0.382 e. The summed E-state index contributed by atoms with van der Waals surface area (Å²) in [6, 6.07) is 10.2. The lowest BCUT2D eigenvalue weighted by molar-refractivity contribution is 0.0666. The second-order valence-corrected chi connectivity index (χ2v) is 4.49. The molecular formula is C14H18N2O2S. The van der Waals surface area contributed by atoms with E-state index >= 15 is 0 Å². The van der Waals surface area contributed by atoms with Gasteiger partial charge in [0.15, 0.2) is 4.77 Å². The summed E-state index contributed by atoms with van der Waals surface area (Å²) in [6.45, 7) is 2.57. The van der Waals surface area contributed by atoms with E-state index in [4.69, 9.17) is 21.7 Å². The van der Waals surface area contributed by atoms with Crippen molar-refractivity contribution >= 4 is 12.2 Å². The van der Waals surface area contributed by atoms with Crippen LogP contribution in [-0.2, 0) is 16.0 Å². The van der Waals surface area contributed by atoms with Crippen molar-refractivity contribution in [3.8, 4) is 11.3 Å². The van der Waals surface area contributed by atoms with Crippen molar-refractivity contribution in [3.63, 3.8) is 0 Å². The fourth-order valence-corrected chi connectivity index (χ4v) is 2.11. The number of rotatable bonds is 7. The van der Waals surface area contributed by atoms with Crippen LogP contribution in [0.4, 0.5) is 0 Å². The van der Waals surface area contributed by atoms with E-state index in [1.807, 2.05) is 24.4 Å². The van der Waals surface area contributed by atoms with Crippen molar-refractivity contribution < 1.29 is 9.47 Å². The Morgan fingerprint density at radius 1 is 1.16 bits per heavy atom. The molecule has 4 nitrogen and oxygen atoms in total. The maximum absolute atomic E-state index is 5.49. The highest BCUT2D eigenvalue weighted by Gasteiger charge is 2.05. The Kier molecular flexibility index (Phi) is 5.32. The fourth-order valence-electron chi connectivity index (χ4n) is 1.87. The predicted octanol–water partition coefficient (Wildman–Crippen LogP) is 2.88. The molecule has 1 aromatic carbocycles. The van der Waals surface area contributed by atoms with Gasteiger partial charge in [-0.2, -0.15) is 0 Å². The largest absolute Gasteiger partial charge is 0.382 e. The Bertz CT molecular complexity index is 548. The van der Waals surface area contributed by atoms with E-state index in [0.717, 1.165) is 17.8 Å². The molecule has 0 fully saturated rings. The van der Waals surface area contributed by atoms with E-state index in [0.29, 0.717) is 24.6 Å². The number of methoxy groups -OCH3 is 1. The van der Waals surface area contributed by atoms with Gasteiger partial charge in [-0.25, -0.2) is 0 Å². The van der Waals surface area contributed by atoms with Gasteiger partial charge in [-0.1, -0.05) is 30.3 Å². The number of aromatic nitrogens is 2. The smallest absolute Gasteiger partial charge is 0.177 e. The molecule has 1 aromatic heterocycles. The molecule has 2 aromatic rings. The highest BCUT2D eigenvalue weighted by atomic mass is 32.1. The van der Waals surface area contributed by atoms with Crippen molar-refractivity contribution in [2.24, 2.45) is 0 Å². The molecule has 0 saturated carbocycles. The minimum absolute atomic E-state index is 0.606. The van der Waals surface area contributed by atoms with Crippen LogP contribution in [0.5, 0.6) is 0 Å². The molecule has 0 spiro atoms. The first-order valence-corrected chi connectivity index (χ1v) is 6.64. The van der Waals surface area contributed by atoms with Crippen molar-refractivity contribution in [3.05, 3.63) is 41.3 Å². The molecule has 1 N–H and O–H groups in total. The summed E-state index contributed by atoms with van der Waals surface area (Å²) >= 11 is 5.30. The molecule has 102 valence electrons. The average Bonchev–Trinajstić information content (AvgIpc) is 2.81. The summed E-state index contributed by atoms with van der Waals surface area (Å²) in [7, 11) is 1.67. The number of aromatic amines is 1. The van der Waals surface area contributed by atoms with Crippen LogP contribution < -0.4 is 0 Å². The van der Waals surface area contributed by atoms with Crippen LogP contribution in [0.3, 0.4) is 0 Å². The molecule has 0 aliphatic rings. The highest BCUT2D eigenvalue weighted by Crippen LogP contribution is 2.18. The Hall–Kier alpha value is -1.43. The fraction of sp³-hybridized carbons (Fsp3) is 0.357. The number of hydrogen-bond acceptors (Lipinski definition) is 3. The molecule has 19 heavy (non-hydrogen) atoms. The number of nitrogens with zero attached hydrogens (tertiary/aromatic N) is 1. The van der Waals surface area contributed by atoms with E-state index < -0.39 is 0 Å². The second kappa shape index (κ2) is 7.23. The first-order valence-electron chi connectivity index (χ1n) is 6.23. The van der Waals surface area contributed by atoms with Crippen molar-refractivity contribution in [2.45, 2.75) is 6.54 Å². The van der Waals surface area contributed by atoms with Crippen LogP contribution >= 0.6 is 12.2 Å². The monoisotopic (exact) mass is 278 g/mol. The summed E-state index contributed by atoms with van der Waals surface area (Å²) in [6.07, 6.45) is 1.94. The quantitative estimate of drug-likeness (QED) is 0.625. The summed E-state index contributed by atoms with van der Waals surface area (Å²) in [5, 5.41) is 0. The molecule has 0 bridgehead atoms. The molecule has 0 saturated heterocycles. The Labute approximate surface area is 118 Å². The minimum atomic E-state index is 0.606. The SMILES string of the molecule is COCCOCCn1c(-c2ccccc2)c[nH]c1=S. The number of ether oxygens (including phenoxy) is 2. The third kappa shape index (κ3) is 3.76. The van der Waals surface area contributed by atoms with Gasteiger partial charge in [0.1, 0.15) is 0 Å². The van der Waals surface area contributed by atoms with Gasteiger partial charge in [-0.15, -0.1) is 0 Å². The lowest BCUT2D eigenvalue weighted by Crippen LogP contribution is -2.10. The van der Waals surface area contributed by atoms with Crippen LogP contribution in [0.1, 0.15) is 0 Å². The van der Waals surface area contributed by atoms with E-state index in [2.05, 4.69) is 21.7 Å². The molecule has 5 heteroatoms. The zero-order valence-electron chi connectivity index (χ0n) is 11.0. The molecule has 0 atom stereocenters. The zero-order chi connectivity index (χ0) is 13.5. The summed E-state index contributed by atoms with van der Waals surface area (Å²) in [4.78, 5) is 3.09. The van der Waals surface area contributed by atoms with Gasteiger partial charge in [0.2, 0.25) is 0 Å². The highest BCUT2D eigenvalue weighted by molar-refractivity contribution is 7.71. The number of nitrogens with one attached hydrogen (secondary N) is 1. The zero-order valence-corrected chi connectivity index (χ0v) is 11.8. The van der Waals surface area contributed by atoms with Gasteiger partial charge >= 0.3 is 0 Å². The predicted molar refractivity (Wildman–Crippen MR) is 77.7 cm³/mol. The molecule has 2 rings (SSSR count). The third-order valence-electron chi connectivity index (χ3n) is 2.83. The van der Waals surface area contributed by atoms with Gasteiger partial charge in [0, 0.05) is 19.9 Å². The first kappa shape index (κ1) is 14.0. The summed E-state index contributed by atoms with van der Waals surface area (Å²) in [5.41, 5.74) is 2.23. The molecule has 0 unspecified atom stereocenters. The van der Waals surface area contributed by atoms with E-state index in [9.17, 15) is 0 Å². The standard InChI is InChI=1S/C14H18N2O2S/c1-17-9-10-18-8-7-16-13(11-15-14(16)19)12-5-3-2-4-6-12/h2-6,11H,7-10H2,1H3,(H,15,19).